The number of hydrogen-bond donors (Lipinski definition) is 1. The Morgan fingerprint density at radius 1 is 1.73 bits per heavy atom. The van der Waals surface area contributed by atoms with Gasteiger partial charge in [0.05, 0.1) is 4.22 Å². The van der Waals surface area contributed by atoms with Gasteiger partial charge in [-0.2, -0.15) is 9.67 Å². The van der Waals surface area contributed by atoms with Gasteiger partial charge in [0.2, 0.25) is 0 Å². The molecule has 1 aromatic rings. The van der Waals surface area contributed by atoms with Crippen molar-refractivity contribution in [2.75, 3.05) is 0 Å². The van der Waals surface area contributed by atoms with Gasteiger partial charge >= 0.3 is 0 Å². The zero-order valence-electron chi connectivity index (χ0n) is 5.82. The van der Waals surface area contributed by atoms with Crippen molar-refractivity contribution in [1.29, 1.82) is 5.41 Å². The topological polar surface area (TPSA) is 66.9 Å². The maximum absolute atomic E-state index is 6.94. The van der Waals surface area contributed by atoms with Crippen LogP contribution in [0.1, 0.15) is 5.82 Å². The lowest BCUT2D eigenvalue weighted by Crippen LogP contribution is -1.95. The van der Waals surface area contributed by atoms with Gasteiger partial charge in [-0.05, 0) is 29.5 Å². The summed E-state index contributed by atoms with van der Waals surface area (Å²) in [7, 11) is 0. The molecule has 0 amide bonds. The van der Waals surface area contributed by atoms with Crippen LogP contribution in [0.2, 0.25) is 0 Å². The fourth-order valence-corrected chi connectivity index (χ4v) is 0.886. The van der Waals surface area contributed by atoms with E-state index >= 15 is 0 Å². The molecule has 0 spiro atoms. The molecule has 0 aliphatic heterocycles. The highest BCUT2D eigenvalue weighted by atomic mass is 127. The second-order valence-electron chi connectivity index (χ2n) is 1.76. The van der Waals surface area contributed by atoms with Gasteiger partial charge < -0.3 is 0 Å². The van der Waals surface area contributed by atoms with E-state index in [4.69, 9.17) is 5.41 Å². The van der Waals surface area contributed by atoms with Crippen molar-refractivity contribution >= 4 is 39.1 Å². The van der Waals surface area contributed by atoms with Crippen LogP contribution in [0, 0.1) is 12.3 Å². The molecule has 5 nitrogen and oxygen atoms in total. The van der Waals surface area contributed by atoms with Gasteiger partial charge in [0.15, 0.2) is 0 Å². The molecule has 0 atom stereocenters. The molecule has 0 aliphatic carbocycles. The van der Waals surface area contributed by atoms with E-state index in [1.54, 1.807) is 11.1 Å². The number of hydrogen-bond acceptors (Lipinski definition) is 4. The molecule has 1 rings (SSSR count). The van der Waals surface area contributed by atoms with Crippen molar-refractivity contribution in [1.82, 2.24) is 14.8 Å². The van der Waals surface area contributed by atoms with Gasteiger partial charge in [-0.15, -0.1) is 5.10 Å². The lowest BCUT2D eigenvalue weighted by molar-refractivity contribution is 0.925. The highest BCUT2D eigenvalue weighted by Gasteiger charge is 2.00. The lowest BCUT2D eigenvalue weighted by Gasteiger charge is -1.87. The zero-order valence-corrected chi connectivity index (χ0v) is 7.98. The summed E-state index contributed by atoms with van der Waals surface area (Å²) in [5.41, 5.74) is 0. The second-order valence-corrected chi connectivity index (χ2v) is 2.32. The van der Waals surface area contributed by atoms with Crippen LogP contribution in [0.4, 0.5) is 5.95 Å². The Morgan fingerprint density at radius 2 is 2.45 bits per heavy atom. The quantitative estimate of drug-likeness (QED) is 0.494. The molecule has 0 saturated heterocycles. The molecule has 6 heteroatoms. The predicted molar refractivity (Wildman–Crippen MR) is 51.1 cm³/mol. The summed E-state index contributed by atoms with van der Waals surface area (Å²) in [6.45, 7) is 1.76. The summed E-state index contributed by atoms with van der Waals surface area (Å²) in [6, 6.07) is 0. The third-order valence-electron chi connectivity index (χ3n) is 1.01. The first-order chi connectivity index (χ1) is 5.27. The zero-order chi connectivity index (χ0) is 8.27. The standard InChI is InChI=1S/C5H6IN5/c1-4-9-5(8-2-6)11(3-7)10-4/h2-3,7H,1H3. The van der Waals surface area contributed by atoms with Crippen LogP contribution in [-0.2, 0) is 0 Å². The minimum absolute atomic E-state index is 0.437. The molecule has 11 heavy (non-hydrogen) atoms. The number of nitrogens with one attached hydrogen (secondary N) is 1. The van der Waals surface area contributed by atoms with Gasteiger partial charge in [0.25, 0.3) is 5.95 Å². The smallest absolute Gasteiger partial charge is 0.254 e. The van der Waals surface area contributed by atoms with Crippen molar-refractivity contribution in [3.05, 3.63) is 5.82 Å². The van der Waals surface area contributed by atoms with Crippen molar-refractivity contribution in [3.8, 4) is 0 Å². The molecule has 1 heterocycles. The molecule has 58 valence electrons. The number of aromatic nitrogens is 3. The largest absolute Gasteiger partial charge is 0.289 e. The maximum Gasteiger partial charge on any atom is 0.254 e. The Kier molecular flexibility index (Phi) is 2.69. The van der Waals surface area contributed by atoms with Gasteiger partial charge in [-0.3, -0.25) is 5.41 Å². The summed E-state index contributed by atoms with van der Waals surface area (Å²) in [5.74, 6) is 1.05. The molecule has 1 N–H and O–H groups in total. The summed E-state index contributed by atoms with van der Waals surface area (Å²) >= 11 is 1.99. The average molecular weight is 263 g/mol. The van der Waals surface area contributed by atoms with Crippen LogP contribution in [0.25, 0.3) is 0 Å². The Labute approximate surface area is 77.2 Å². The van der Waals surface area contributed by atoms with Crippen LogP contribution >= 0.6 is 22.6 Å². The van der Waals surface area contributed by atoms with Crippen molar-refractivity contribution in [2.45, 2.75) is 6.92 Å². The first-order valence-electron chi connectivity index (χ1n) is 2.84. The fraction of sp³-hybridized carbons (Fsp3) is 0.200. The summed E-state index contributed by atoms with van der Waals surface area (Å²) in [4.78, 5) is 7.87. The van der Waals surface area contributed by atoms with Gasteiger partial charge in [0, 0.05) is 0 Å². The maximum atomic E-state index is 6.94. The van der Waals surface area contributed by atoms with Gasteiger partial charge in [-0.1, -0.05) is 0 Å². The van der Waals surface area contributed by atoms with Gasteiger partial charge in [0.1, 0.15) is 12.2 Å². The van der Waals surface area contributed by atoms with E-state index in [2.05, 4.69) is 15.1 Å². The van der Waals surface area contributed by atoms with E-state index in [1.807, 2.05) is 22.6 Å². The van der Waals surface area contributed by atoms with Crippen molar-refractivity contribution in [2.24, 2.45) is 4.99 Å². The first-order valence-corrected chi connectivity index (χ1v) is 4.09. The summed E-state index contributed by atoms with van der Waals surface area (Å²) < 4.78 is 2.89. The first kappa shape index (κ1) is 8.31. The highest BCUT2D eigenvalue weighted by molar-refractivity contribution is 14.1. The van der Waals surface area contributed by atoms with E-state index in [1.165, 1.54) is 4.68 Å². The number of aliphatic imine (C=N–C) groups is 1. The molecule has 0 saturated carbocycles. The van der Waals surface area contributed by atoms with Crippen LogP contribution in [0.5, 0.6) is 0 Å². The SMILES string of the molecule is Cc1nc(N=CI)n(C=N)n1. The van der Waals surface area contributed by atoms with Gasteiger partial charge in [-0.25, -0.2) is 4.99 Å². The van der Waals surface area contributed by atoms with E-state index in [0.717, 1.165) is 6.34 Å². The average Bonchev–Trinajstić information content (AvgIpc) is 2.32. The number of rotatable bonds is 2. The van der Waals surface area contributed by atoms with Crippen LogP contribution in [-0.4, -0.2) is 25.3 Å². The Hall–Kier alpha value is -0.790. The number of halogens is 1. The van der Waals surface area contributed by atoms with Crippen molar-refractivity contribution < 1.29 is 0 Å². The Bertz CT molecular complexity index is 289. The Morgan fingerprint density at radius 3 is 3.00 bits per heavy atom. The summed E-state index contributed by atoms with van der Waals surface area (Å²) in [6.07, 6.45) is 1.07. The normalized spacial score (nSPS) is 10.7. The van der Waals surface area contributed by atoms with E-state index in [9.17, 15) is 0 Å². The minimum atomic E-state index is 0.437. The molecule has 0 radical (unpaired) electrons. The second kappa shape index (κ2) is 3.56. The van der Waals surface area contributed by atoms with E-state index in [-0.39, 0.29) is 0 Å². The van der Waals surface area contributed by atoms with Crippen LogP contribution in [0.3, 0.4) is 0 Å². The number of aryl methyl sites for hydroxylation is 1. The van der Waals surface area contributed by atoms with E-state index in [0.29, 0.717) is 11.8 Å². The molecule has 0 aliphatic rings. The van der Waals surface area contributed by atoms with Crippen LogP contribution in [0.15, 0.2) is 4.99 Å². The molecule has 0 aromatic carbocycles. The Balaban J connectivity index is 3.11. The molecular formula is C5H6IN5. The third kappa shape index (κ3) is 1.82. The third-order valence-corrected chi connectivity index (χ3v) is 1.28. The molecular weight excluding hydrogens is 257 g/mol. The van der Waals surface area contributed by atoms with E-state index < -0.39 is 0 Å². The summed E-state index contributed by atoms with van der Waals surface area (Å²) in [5, 5.41) is 10.8. The lowest BCUT2D eigenvalue weighted by atomic mass is 10.7. The minimum Gasteiger partial charge on any atom is -0.289 e. The molecule has 1 aromatic heterocycles. The monoisotopic (exact) mass is 263 g/mol. The predicted octanol–water partition coefficient (Wildman–Crippen LogP) is 1.14. The van der Waals surface area contributed by atoms with Crippen molar-refractivity contribution in [3.63, 3.8) is 0 Å². The molecule has 0 unspecified atom stereocenters. The molecule has 0 bridgehead atoms. The number of nitrogens with zero attached hydrogens (tertiary/aromatic N) is 4. The fourth-order valence-electron chi connectivity index (χ4n) is 0.637. The highest BCUT2D eigenvalue weighted by Crippen LogP contribution is 2.05. The van der Waals surface area contributed by atoms with Crippen LogP contribution < -0.4 is 0 Å². The molecule has 0 fully saturated rings.